The van der Waals surface area contributed by atoms with Crippen molar-refractivity contribution in [3.05, 3.63) is 0 Å². The summed E-state index contributed by atoms with van der Waals surface area (Å²) >= 11 is 0. The highest BCUT2D eigenvalue weighted by Gasteiger charge is 2.22. The lowest BCUT2D eigenvalue weighted by atomic mass is 11.6. The molecular weight excluding hydrogens is 163 g/mol. The SMILES string of the molecule is O=P(CO)(OCO)OCO. The molecule has 7 heteroatoms. The molecule has 0 unspecified atom stereocenters. The molecule has 0 amide bonds. The average molecular weight is 172 g/mol. The van der Waals surface area contributed by atoms with Crippen molar-refractivity contribution in [3.63, 3.8) is 0 Å². The van der Waals surface area contributed by atoms with Crippen molar-refractivity contribution in [1.29, 1.82) is 0 Å². The van der Waals surface area contributed by atoms with Crippen molar-refractivity contribution in [2.45, 2.75) is 0 Å². The van der Waals surface area contributed by atoms with E-state index >= 15 is 0 Å². The van der Waals surface area contributed by atoms with E-state index in [0.29, 0.717) is 0 Å². The predicted molar refractivity (Wildman–Crippen MR) is 31.0 cm³/mol. The maximum atomic E-state index is 10.8. The van der Waals surface area contributed by atoms with E-state index in [4.69, 9.17) is 15.3 Å². The second-order valence-corrected chi connectivity index (χ2v) is 3.29. The first-order chi connectivity index (χ1) is 4.68. The number of hydrogen-bond acceptors (Lipinski definition) is 6. The summed E-state index contributed by atoms with van der Waals surface area (Å²) in [7, 11) is -3.64. The van der Waals surface area contributed by atoms with E-state index < -0.39 is 27.5 Å². The molecule has 0 rings (SSSR count). The highest BCUT2D eigenvalue weighted by Crippen LogP contribution is 2.46. The number of hydrogen-bond donors (Lipinski definition) is 3. The molecule has 62 valence electrons. The zero-order valence-electron chi connectivity index (χ0n) is 5.13. The van der Waals surface area contributed by atoms with Gasteiger partial charge in [-0.3, -0.25) is 13.6 Å². The van der Waals surface area contributed by atoms with Crippen LogP contribution in [0.25, 0.3) is 0 Å². The van der Waals surface area contributed by atoms with Gasteiger partial charge < -0.3 is 15.3 Å². The minimum atomic E-state index is -3.64. The van der Waals surface area contributed by atoms with Gasteiger partial charge in [-0.05, 0) is 0 Å². The number of aliphatic hydroxyl groups is 3. The lowest BCUT2D eigenvalue weighted by Crippen LogP contribution is -2.01. The molecule has 0 aliphatic heterocycles. The zero-order valence-corrected chi connectivity index (χ0v) is 6.03. The van der Waals surface area contributed by atoms with Crippen LogP contribution in [0.4, 0.5) is 0 Å². The van der Waals surface area contributed by atoms with Gasteiger partial charge in [-0.2, -0.15) is 0 Å². The van der Waals surface area contributed by atoms with Crippen LogP contribution in [0.5, 0.6) is 0 Å². The Morgan fingerprint density at radius 1 is 1.10 bits per heavy atom. The summed E-state index contributed by atoms with van der Waals surface area (Å²) in [5.74, 6) is 0. The Morgan fingerprint density at radius 2 is 1.50 bits per heavy atom. The number of rotatable bonds is 5. The van der Waals surface area contributed by atoms with E-state index in [1.54, 1.807) is 0 Å². The first-order valence-electron chi connectivity index (χ1n) is 2.39. The molecule has 0 aliphatic rings. The van der Waals surface area contributed by atoms with Crippen molar-refractivity contribution in [2.75, 3.05) is 19.9 Å². The minimum absolute atomic E-state index is 0.822. The summed E-state index contributed by atoms with van der Waals surface area (Å²) in [6.07, 6.45) is -0.867. The zero-order chi connectivity index (χ0) is 8.04. The van der Waals surface area contributed by atoms with E-state index in [9.17, 15) is 4.57 Å². The Balaban J connectivity index is 3.83. The second-order valence-electron chi connectivity index (χ2n) is 1.27. The topological polar surface area (TPSA) is 96.2 Å². The van der Waals surface area contributed by atoms with Crippen LogP contribution >= 0.6 is 7.60 Å². The molecule has 0 aromatic heterocycles. The third-order valence-electron chi connectivity index (χ3n) is 0.682. The average Bonchev–Trinajstić information content (AvgIpc) is 1.89. The summed E-state index contributed by atoms with van der Waals surface area (Å²) in [6.45, 7) is -1.64. The van der Waals surface area contributed by atoms with Crippen LogP contribution in [0, 0.1) is 0 Å². The molecule has 0 bridgehead atoms. The third kappa shape index (κ3) is 3.26. The van der Waals surface area contributed by atoms with Gasteiger partial charge in [0.15, 0.2) is 13.6 Å². The maximum absolute atomic E-state index is 10.8. The Bertz CT molecular complexity index is 114. The second kappa shape index (κ2) is 4.79. The first-order valence-corrected chi connectivity index (χ1v) is 4.12. The summed E-state index contributed by atoms with van der Waals surface area (Å²) in [4.78, 5) is 0. The molecule has 10 heavy (non-hydrogen) atoms. The van der Waals surface area contributed by atoms with Crippen LogP contribution in [0.1, 0.15) is 0 Å². The quantitative estimate of drug-likeness (QED) is 0.366. The molecule has 3 N–H and O–H groups in total. The van der Waals surface area contributed by atoms with E-state index in [1.165, 1.54) is 0 Å². The minimum Gasteiger partial charge on any atom is -0.384 e. The fourth-order valence-corrected chi connectivity index (χ4v) is 0.885. The normalized spacial score (nSPS) is 11.9. The van der Waals surface area contributed by atoms with Crippen molar-refractivity contribution >= 4 is 7.60 Å². The van der Waals surface area contributed by atoms with Crippen molar-refractivity contribution < 1.29 is 28.9 Å². The van der Waals surface area contributed by atoms with Gasteiger partial charge >= 0.3 is 7.60 Å². The molecule has 0 spiro atoms. The fraction of sp³-hybridized carbons (Fsp3) is 1.00. The highest BCUT2D eigenvalue weighted by atomic mass is 31.2. The molecule has 0 fully saturated rings. The predicted octanol–water partition coefficient (Wildman–Crippen LogP) is -0.938. The van der Waals surface area contributed by atoms with Gasteiger partial charge in [0.25, 0.3) is 0 Å². The Hall–Kier alpha value is 0.0300. The van der Waals surface area contributed by atoms with Crippen molar-refractivity contribution in [2.24, 2.45) is 0 Å². The van der Waals surface area contributed by atoms with Crippen LogP contribution < -0.4 is 0 Å². The van der Waals surface area contributed by atoms with Gasteiger partial charge in [0.2, 0.25) is 0 Å². The Labute approximate surface area is 57.5 Å². The van der Waals surface area contributed by atoms with Gasteiger partial charge in [-0.1, -0.05) is 0 Å². The Morgan fingerprint density at radius 3 is 1.70 bits per heavy atom. The fourth-order valence-electron chi connectivity index (χ4n) is 0.295. The highest BCUT2D eigenvalue weighted by molar-refractivity contribution is 7.53. The Kier molecular flexibility index (Phi) is 4.80. The van der Waals surface area contributed by atoms with Crippen molar-refractivity contribution in [3.8, 4) is 0 Å². The van der Waals surface area contributed by atoms with Crippen LogP contribution in [0.3, 0.4) is 0 Å². The molecule has 0 radical (unpaired) electrons. The van der Waals surface area contributed by atoms with Crippen LogP contribution in [-0.2, 0) is 13.6 Å². The molecule has 0 aromatic rings. The smallest absolute Gasteiger partial charge is 0.359 e. The molecule has 0 atom stereocenters. The number of aliphatic hydroxyl groups excluding tert-OH is 3. The van der Waals surface area contributed by atoms with Gasteiger partial charge in [-0.15, -0.1) is 0 Å². The molecule has 0 saturated heterocycles. The summed E-state index contributed by atoms with van der Waals surface area (Å²) < 4.78 is 19.0. The van der Waals surface area contributed by atoms with E-state index in [1.807, 2.05) is 0 Å². The van der Waals surface area contributed by atoms with E-state index in [0.717, 1.165) is 0 Å². The molecule has 0 aromatic carbocycles. The van der Waals surface area contributed by atoms with Crippen LogP contribution in [0.15, 0.2) is 0 Å². The van der Waals surface area contributed by atoms with Crippen LogP contribution in [0.2, 0.25) is 0 Å². The lowest BCUT2D eigenvalue weighted by molar-refractivity contribution is 0.0333. The largest absolute Gasteiger partial charge is 0.384 e. The summed E-state index contributed by atoms with van der Waals surface area (Å²) in [5, 5.41) is 24.5. The summed E-state index contributed by atoms with van der Waals surface area (Å²) in [5.41, 5.74) is 0. The maximum Gasteiger partial charge on any atom is 0.359 e. The lowest BCUT2D eigenvalue weighted by Gasteiger charge is -2.11. The van der Waals surface area contributed by atoms with Crippen molar-refractivity contribution in [1.82, 2.24) is 0 Å². The van der Waals surface area contributed by atoms with E-state index in [2.05, 4.69) is 9.05 Å². The monoisotopic (exact) mass is 172 g/mol. The molecule has 6 nitrogen and oxygen atoms in total. The van der Waals surface area contributed by atoms with Gasteiger partial charge in [-0.25, -0.2) is 0 Å². The van der Waals surface area contributed by atoms with Gasteiger partial charge in [0, 0.05) is 0 Å². The third-order valence-corrected chi connectivity index (χ3v) is 2.05. The molecule has 0 saturated carbocycles. The van der Waals surface area contributed by atoms with Gasteiger partial charge in [0.1, 0.15) is 6.35 Å². The standard InChI is InChI=1S/C3H9O6P/c4-1-8-10(7,3-6)9-2-5/h4-6H,1-3H2. The van der Waals surface area contributed by atoms with Gasteiger partial charge in [0.05, 0.1) is 0 Å². The van der Waals surface area contributed by atoms with Crippen LogP contribution in [-0.4, -0.2) is 35.3 Å². The van der Waals surface area contributed by atoms with E-state index in [-0.39, 0.29) is 0 Å². The molecule has 0 heterocycles. The summed E-state index contributed by atoms with van der Waals surface area (Å²) in [6, 6.07) is 0. The molecule has 0 aliphatic carbocycles. The molecular formula is C3H9O6P. The first kappa shape index (κ1) is 10.0.